The van der Waals surface area contributed by atoms with E-state index in [4.69, 9.17) is 9.90 Å². The first-order valence-corrected chi connectivity index (χ1v) is 16.2. The molecule has 0 aliphatic carbocycles. The van der Waals surface area contributed by atoms with Crippen LogP contribution in [0.5, 0.6) is 0 Å². The Bertz CT molecular complexity index is 3230. The van der Waals surface area contributed by atoms with Crippen molar-refractivity contribution in [3.63, 3.8) is 0 Å². The molecule has 0 N–H and O–H groups in total. The van der Waals surface area contributed by atoms with Crippen molar-refractivity contribution < 1.29 is 15.4 Å². The van der Waals surface area contributed by atoms with Gasteiger partial charge in [-0.15, -0.1) is 0 Å². The number of fused-ring (bicyclic) bond motifs is 6. The molecule has 10 aromatic rings. The number of furan rings is 1. The number of rotatable bonds is 4. The summed E-state index contributed by atoms with van der Waals surface area (Å²) < 4.78 is 78.7. The van der Waals surface area contributed by atoms with Gasteiger partial charge in [-0.05, 0) is 77.3 Å². The first kappa shape index (κ1) is 20.7. The van der Waals surface area contributed by atoms with Gasteiger partial charge in [-0.2, -0.15) is 0 Å². The lowest BCUT2D eigenvalue weighted by Crippen LogP contribution is -1.91. The van der Waals surface area contributed by atoms with Crippen molar-refractivity contribution >= 4 is 54.3 Å². The number of hydrogen-bond donors (Lipinski definition) is 0. The van der Waals surface area contributed by atoms with Crippen molar-refractivity contribution in [2.24, 2.45) is 0 Å². The maximum absolute atomic E-state index is 9.32. The van der Waals surface area contributed by atoms with Gasteiger partial charge in [0.05, 0.1) is 11.0 Å². The zero-order valence-electron chi connectivity index (χ0n) is 34.1. The van der Waals surface area contributed by atoms with Crippen LogP contribution in [0.4, 0.5) is 0 Å². The van der Waals surface area contributed by atoms with Crippen LogP contribution in [0.2, 0.25) is 0 Å². The molecule has 0 bridgehead atoms. The maximum Gasteiger partial charge on any atom is 0.143 e. The average molecular weight is 631 g/mol. The molecule has 1 heteroatoms. The fraction of sp³-hybridized carbons (Fsp3) is 0. The molecular formula is C48H30O. The van der Waals surface area contributed by atoms with Crippen LogP contribution in [0.25, 0.3) is 98.8 Å². The minimum absolute atomic E-state index is 0.179. The second-order valence-electron chi connectivity index (χ2n) is 12.2. The van der Waals surface area contributed by atoms with E-state index in [1.807, 2.05) is 115 Å². The quantitative estimate of drug-likeness (QED) is 0.176. The number of benzene rings is 9. The normalized spacial score (nSPS) is 14.0. The lowest BCUT2D eigenvalue weighted by Gasteiger charge is -2.18. The third-order valence-corrected chi connectivity index (χ3v) is 9.54. The predicted octanol–water partition coefficient (Wildman–Crippen LogP) is 13.7. The summed E-state index contributed by atoms with van der Waals surface area (Å²) in [6.45, 7) is 0. The summed E-state index contributed by atoms with van der Waals surface area (Å²) in [5, 5.41) is 4.89. The summed E-state index contributed by atoms with van der Waals surface area (Å²) in [7, 11) is 0. The molecular weight excluding hydrogens is 593 g/mol. The third kappa shape index (κ3) is 4.40. The fourth-order valence-electron chi connectivity index (χ4n) is 7.29. The van der Waals surface area contributed by atoms with Crippen LogP contribution < -0.4 is 0 Å². The van der Waals surface area contributed by atoms with E-state index in [2.05, 4.69) is 18.2 Å². The van der Waals surface area contributed by atoms with E-state index in [-0.39, 0.29) is 45.7 Å². The predicted molar refractivity (Wildman–Crippen MR) is 208 cm³/mol. The minimum atomic E-state index is -0.431. The molecule has 10 rings (SSSR count). The maximum atomic E-state index is 9.32. The second kappa shape index (κ2) is 11.1. The molecule has 0 atom stereocenters. The molecule has 0 fully saturated rings. The van der Waals surface area contributed by atoms with Gasteiger partial charge in [0.15, 0.2) is 0 Å². The molecule has 228 valence electrons. The molecule has 1 nitrogen and oxygen atoms in total. The highest BCUT2D eigenvalue weighted by Crippen LogP contribution is 2.45. The van der Waals surface area contributed by atoms with Gasteiger partial charge in [-0.3, -0.25) is 0 Å². The Morgan fingerprint density at radius 3 is 1.43 bits per heavy atom. The molecule has 0 amide bonds. The van der Waals surface area contributed by atoms with E-state index < -0.39 is 24.2 Å². The first-order valence-electron chi connectivity index (χ1n) is 20.2. The van der Waals surface area contributed by atoms with Gasteiger partial charge in [0.1, 0.15) is 11.2 Å². The molecule has 0 unspecified atom stereocenters. The number of para-hydroxylation sites is 2. The molecule has 1 aromatic heterocycles. The van der Waals surface area contributed by atoms with Gasteiger partial charge in [0.2, 0.25) is 0 Å². The van der Waals surface area contributed by atoms with E-state index in [0.29, 0.717) is 22.3 Å². The molecule has 0 aliphatic heterocycles. The van der Waals surface area contributed by atoms with Gasteiger partial charge < -0.3 is 4.42 Å². The third-order valence-electron chi connectivity index (χ3n) is 9.54. The Balaban J connectivity index is 1.25. The molecule has 0 aliphatic rings. The molecule has 0 saturated carbocycles. The fourth-order valence-corrected chi connectivity index (χ4v) is 7.29. The molecule has 0 radical (unpaired) electrons. The molecule has 49 heavy (non-hydrogen) atoms. The van der Waals surface area contributed by atoms with Crippen molar-refractivity contribution in [2.75, 3.05) is 0 Å². The highest BCUT2D eigenvalue weighted by Gasteiger charge is 2.18. The van der Waals surface area contributed by atoms with Crippen molar-refractivity contribution in [3.05, 3.63) is 182 Å². The second-order valence-corrected chi connectivity index (χ2v) is 12.2. The topological polar surface area (TPSA) is 13.1 Å². The SMILES string of the molecule is [2H]c1c([2H])c([2H])c2c(-c3ccc(-c4cccc5c4oc4ccccc45)cc3)c3c([2H])c([2H])c([2H])c([2H])c3c(-c3ccc(-c4cccc5ccccc45)cc3)c2c1[2H]. The van der Waals surface area contributed by atoms with Gasteiger partial charge in [0, 0.05) is 16.3 Å². The summed E-state index contributed by atoms with van der Waals surface area (Å²) in [6.07, 6.45) is 0. The Kier molecular flexibility index (Phi) is 4.69. The highest BCUT2D eigenvalue weighted by atomic mass is 16.3. The van der Waals surface area contributed by atoms with Crippen LogP contribution >= 0.6 is 0 Å². The zero-order valence-corrected chi connectivity index (χ0v) is 26.1. The molecule has 0 saturated heterocycles. The van der Waals surface area contributed by atoms with Crippen molar-refractivity contribution in [3.8, 4) is 44.5 Å². The Labute approximate surface area is 295 Å². The summed E-state index contributed by atoms with van der Waals surface area (Å²) in [6, 6.07) is 40.3. The van der Waals surface area contributed by atoms with E-state index in [9.17, 15) is 5.48 Å². The average Bonchev–Trinajstić information content (AvgIpc) is 3.64. The Hall–Kier alpha value is -6.44. The molecule has 9 aromatic carbocycles. The van der Waals surface area contributed by atoms with Gasteiger partial charge >= 0.3 is 0 Å². The Morgan fingerprint density at radius 2 is 0.796 bits per heavy atom. The standard InChI is InChI=1S/C48H30O/c1-2-13-36-31(11-1)12-9-19-37(36)32-23-27-34(28-24-32)46-40-15-3-5-17-42(40)47(43-18-6-4-16-41(43)46)35-29-25-33(26-30-35)38-20-10-21-44-39-14-7-8-22-45(39)49-48(38)44/h1-30H/i3D,4D,5D,6D,15D,16D,17D,18D. The monoisotopic (exact) mass is 630 g/mol. The van der Waals surface area contributed by atoms with Crippen LogP contribution in [0.3, 0.4) is 0 Å². The van der Waals surface area contributed by atoms with Crippen molar-refractivity contribution in [1.82, 2.24) is 0 Å². The van der Waals surface area contributed by atoms with E-state index in [0.717, 1.165) is 55.0 Å². The summed E-state index contributed by atoms with van der Waals surface area (Å²) in [4.78, 5) is 0. The van der Waals surface area contributed by atoms with Crippen LogP contribution in [0.15, 0.2) is 186 Å². The summed E-state index contributed by atoms with van der Waals surface area (Å²) in [5.74, 6) is 0. The minimum Gasteiger partial charge on any atom is -0.455 e. The van der Waals surface area contributed by atoms with Crippen LogP contribution in [-0.2, 0) is 0 Å². The lowest BCUT2D eigenvalue weighted by molar-refractivity contribution is 0.670. The Morgan fingerprint density at radius 1 is 0.347 bits per heavy atom. The molecule has 1 heterocycles. The van der Waals surface area contributed by atoms with Crippen molar-refractivity contribution in [1.29, 1.82) is 0 Å². The largest absolute Gasteiger partial charge is 0.455 e. The summed E-state index contributed by atoms with van der Waals surface area (Å²) >= 11 is 0. The first-order chi connectivity index (χ1) is 27.6. The van der Waals surface area contributed by atoms with Crippen LogP contribution in [0.1, 0.15) is 11.0 Å². The van der Waals surface area contributed by atoms with E-state index in [1.54, 1.807) is 0 Å². The molecule has 0 spiro atoms. The van der Waals surface area contributed by atoms with Gasteiger partial charge in [-0.25, -0.2) is 0 Å². The lowest BCUT2D eigenvalue weighted by atomic mass is 9.85. The van der Waals surface area contributed by atoms with Crippen LogP contribution in [0, 0.1) is 0 Å². The van der Waals surface area contributed by atoms with Crippen LogP contribution in [-0.4, -0.2) is 0 Å². The smallest absolute Gasteiger partial charge is 0.143 e. The van der Waals surface area contributed by atoms with Gasteiger partial charge in [-0.1, -0.05) is 176 Å². The number of hydrogen-bond acceptors (Lipinski definition) is 1. The van der Waals surface area contributed by atoms with Crippen molar-refractivity contribution in [2.45, 2.75) is 0 Å². The highest BCUT2D eigenvalue weighted by molar-refractivity contribution is 6.21. The summed E-state index contributed by atoms with van der Waals surface area (Å²) in [5.41, 5.74) is 6.92. The van der Waals surface area contributed by atoms with E-state index in [1.165, 1.54) is 0 Å². The van der Waals surface area contributed by atoms with E-state index >= 15 is 0 Å². The van der Waals surface area contributed by atoms with Gasteiger partial charge in [0.25, 0.3) is 0 Å². The zero-order chi connectivity index (χ0) is 39.3.